The van der Waals surface area contributed by atoms with E-state index in [2.05, 4.69) is 11.9 Å². The van der Waals surface area contributed by atoms with Crippen LogP contribution < -0.4 is 10.5 Å². The molecule has 6 nitrogen and oxygen atoms in total. The lowest BCUT2D eigenvalue weighted by molar-refractivity contribution is -0.117. The van der Waals surface area contributed by atoms with E-state index in [9.17, 15) is 13.2 Å². The fourth-order valence-corrected chi connectivity index (χ4v) is 4.35. The van der Waals surface area contributed by atoms with Crippen LogP contribution in [-0.4, -0.2) is 32.3 Å². The molecule has 1 aromatic heterocycles. The Morgan fingerprint density at radius 1 is 1.38 bits per heavy atom. The fraction of sp³-hybridized carbons (Fsp3) is 0.235. The first-order chi connectivity index (χ1) is 12.2. The van der Waals surface area contributed by atoms with Crippen molar-refractivity contribution in [1.82, 2.24) is 4.90 Å². The summed E-state index contributed by atoms with van der Waals surface area (Å²) in [6.45, 7) is 6.57. The van der Waals surface area contributed by atoms with Crippen LogP contribution in [0.2, 0.25) is 4.34 Å². The van der Waals surface area contributed by atoms with Gasteiger partial charge < -0.3 is 5.32 Å². The number of benzene rings is 1. The standard InChI is InChI=1S/C17H20ClN3O3S2/c1-3-8-21(10-14-6-7-16(18)25-14)11-17(22)20-13-5-4-12(2)15(9-13)26(19,23)24/h3-7,9H,1,8,10-11H2,2H3,(H,20,22)(H2,19,23,24). The van der Waals surface area contributed by atoms with E-state index in [0.29, 0.717) is 28.7 Å². The number of thiophene rings is 1. The zero-order valence-corrected chi connectivity index (χ0v) is 16.6. The van der Waals surface area contributed by atoms with Crippen LogP contribution in [0, 0.1) is 6.92 Å². The van der Waals surface area contributed by atoms with Gasteiger partial charge in [-0.1, -0.05) is 23.7 Å². The smallest absolute Gasteiger partial charge is 0.238 e. The minimum absolute atomic E-state index is 0.00789. The summed E-state index contributed by atoms with van der Waals surface area (Å²) < 4.78 is 23.9. The van der Waals surface area contributed by atoms with Gasteiger partial charge in [-0.3, -0.25) is 9.69 Å². The molecule has 26 heavy (non-hydrogen) atoms. The van der Waals surface area contributed by atoms with Crippen LogP contribution in [0.4, 0.5) is 5.69 Å². The van der Waals surface area contributed by atoms with E-state index >= 15 is 0 Å². The number of hydrogen-bond donors (Lipinski definition) is 2. The number of carbonyl (C=O) groups is 1. The lowest BCUT2D eigenvalue weighted by Crippen LogP contribution is -2.32. The summed E-state index contributed by atoms with van der Waals surface area (Å²) in [6, 6.07) is 8.33. The highest BCUT2D eigenvalue weighted by Crippen LogP contribution is 2.23. The third kappa shape index (κ3) is 5.93. The molecule has 2 aromatic rings. The Morgan fingerprint density at radius 2 is 2.12 bits per heavy atom. The summed E-state index contributed by atoms with van der Waals surface area (Å²) in [5, 5.41) is 7.90. The van der Waals surface area contributed by atoms with E-state index < -0.39 is 10.0 Å². The second kappa shape index (κ2) is 8.79. The summed E-state index contributed by atoms with van der Waals surface area (Å²) in [4.78, 5) is 15.3. The van der Waals surface area contributed by atoms with E-state index in [1.54, 1.807) is 25.1 Å². The molecular formula is C17H20ClN3O3S2. The Bertz CT molecular complexity index is 910. The molecular weight excluding hydrogens is 394 g/mol. The van der Waals surface area contributed by atoms with Gasteiger partial charge >= 0.3 is 0 Å². The SMILES string of the molecule is C=CCN(CC(=O)Nc1ccc(C)c(S(N)(=O)=O)c1)Cc1ccc(Cl)s1. The molecule has 1 aromatic carbocycles. The van der Waals surface area contributed by atoms with Crippen molar-refractivity contribution in [2.75, 3.05) is 18.4 Å². The van der Waals surface area contributed by atoms with Crippen LogP contribution in [0.1, 0.15) is 10.4 Å². The Hall–Kier alpha value is -1.71. The van der Waals surface area contributed by atoms with Crippen molar-refractivity contribution in [2.24, 2.45) is 5.14 Å². The second-order valence-corrected chi connectivity index (χ2v) is 9.07. The molecule has 0 radical (unpaired) electrons. The van der Waals surface area contributed by atoms with Crippen LogP contribution in [-0.2, 0) is 21.4 Å². The van der Waals surface area contributed by atoms with Crippen LogP contribution >= 0.6 is 22.9 Å². The normalized spacial score (nSPS) is 11.5. The molecule has 0 unspecified atom stereocenters. The van der Waals surface area contributed by atoms with E-state index in [1.807, 2.05) is 17.0 Å². The predicted molar refractivity (Wildman–Crippen MR) is 106 cm³/mol. The minimum atomic E-state index is -3.85. The first-order valence-corrected chi connectivity index (χ1v) is 10.4. The number of amides is 1. The number of nitrogens with zero attached hydrogens (tertiary/aromatic N) is 1. The number of anilines is 1. The van der Waals surface area contributed by atoms with Crippen LogP contribution in [0.3, 0.4) is 0 Å². The molecule has 0 saturated heterocycles. The summed E-state index contributed by atoms with van der Waals surface area (Å²) in [6.07, 6.45) is 1.72. The van der Waals surface area contributed by atoms with Crippen molar-refractivity contribution in [3.05, 3.63) is 57.8 Å². The third-order valence-corrected chi connectivity index (χ3v) is 5.81. The van der Waals surface area contributed by atoms with Crippen LogP contribution in [0.15, 0.2) is 47.9 Å². The number of hydrogen-bond acceptors (Lipinski definition) is 5. The van der Waals surface area contributed by atoms with Crippen molar-refractivity contribution in [3.8, 4) is 0 Å². The van der Waals surface area contributed by atoms with Gasteiger partial charge in [0.15, 0.2) is 0 Å². The molecule has 0 aliphatic rings. The van der Waals surface area contributed by atoms with Gasteiger partial charge in [0.1, 0.15) is 0 Å². The highest BCUT2D eigenvalue weighted by molar-refractivity contribution is 7.89. The number of halogens is 1. The van der Waals surface area contributed by atoms with Crippen molar-refractivity contribution in [1.29, 1.82) is 0 Å². The largest absolute Gasteiger partial charge is 0.325 e. The topological polar surface area (TPSA) is 92.5 Å². The molecule has 3 N–H and O–H groups in total. The monoisotopic (exact) mass is 413 g/mol. The Morgan fingerprint density at radius 3 is 2.69 bits per heavy atom. The van der Waals surface area contributed by atoms with Gasteiger partial charge in [0, 0.05) is 23.7 Å². The van der Waals surface area contributed by atoms with Crippen LogP contribution in [0.25, 0.3) is 0 Å². The molecule has 9 heteroatoms. The van der Waals surface area contributed by atoms with Gasteiger partial charge in [-0.2, -0.15) is 0 Å². The van der Waals surface area contributed by atoms with Crippen molar-refractivity contribution >= 4 is 44.6 Å². The van der Waals surface area contributed by atoms with Gasteiger partial charge in [-0.25, -0.2) is 13.6 Å². The number of sulfonamides is 1. The molecule has 1 amide bonds. The van der Waals surface area contributed by atoms with Crippen molar-refractivity contribution in [3.63, 3.8) is 0 Å². The lowest BCUT2D eigenvalue weighted by Gasteiger charge is -2.19. The molecule has 0 saturated carbocycles. The maximum atomic E-state index is 12.3. The zero-order valence-electron chi connectivity index (χ0n) is 14.2. The average molecular weight is 414 g/mol. The molecule has 0 aliphatic carbocycles. The minimum Gasteiger partial charge on any atom is -0.325 e. The molecule has 0 bridgehead atoms. The van der Waals surface area contributed by atoms with E-state index in [-0.39, 0.29) is 17.3 Å². The molecule has 2 rings (SSSR count). The summed E-state index contributed by atoms with van der Waals surface area (Å²) in [7, 11) is -3.85. The van der Waals surface area contributed by atoms with E-state index in [0.717, 1.165) is 4.88 Å². The predicted octanol–water partition coefficient (Wildman–Crippen LogP) is 2.98. The maximum absolute atomic E-state index is 12.3. The van der Waals surface area contributed by atoms with Crippen molar-refractivity contribution < 1.29 is 13.2 Å². The molecule has 0 fully saturated rings. The quantitative estimate of drug-likeness (QED) is 0.650. The fourth-order valence-electron chi connectivity index (χ4n) is 2.41. The average Bonchev–Trinajstić information content (AvgIpc) is 2.93. The number of carbonyl (C=O) groups excluding carboxylic acids is 1. The maximum Gasteiger partial charge on any atom is 0.238 e. The summed E-state index contributed by atoms with van der Waals surface area (Å²) in [5.74, 6) is -0.265. The Labute approximate surface area is 162 Å². The van der Waals surface area contributed by atoms with Gasteiger partial charge in [0.25, 0.3) is 0 Å². The highest BCUT2D eigenvalue weighted by atomic mass is 35.5. The van der Waals surface area contributed by atoms with E-state index in [1.165, 1.54) is 17.4 Å². The first kappa shape index (κ1) is 20.6. The molecule has 0 aliphatic heterocycles. The van der Waals surface area contributed by atoms with Crippen molar-refractivity contribution in [2.45, 2.75) is 18.4 Å². The molecule has 0 spiro atoms. The van der Waals surface area contributed by atoms with Gasteiger partial charge in [0.05, 0.1) is 15.8 Å². The zero-order chi connectivity index (χ0) is 19.3. The van der Waals surface area contributed by atoms with E-state index in [4.69, 9.17) is 16.7 Å². The Kier molecular flexibility index (Phi) is 6.96. The summed E-state index contributed by atoms with van der Waals surface area (Å²) >= 11 is 7.40. The summed E-state index contributed by atoms with van der Waals surface area (Å²) in [5.41, 5.74) is 0.899. The number of primary sulfonamides is 1. The molecule has 1 heterocycles. The molecule has 140 valence electrons. The van der Waals surface area contributed by atoms with Gasteiger partial charge in [-0.05, 0) is 36.8 Å². The molecule has 0 atom stereocenters. The van der Waals surface area contributed by atoms with Gasteiger partial charge in [0.2, 0.25) is 15.9 Å². The third-order valence-electron chi connectivity index (χ3n) is 3.54. The number of aryl methyl sites for hydroxylation is 1. The van der Waals surface area contributed by atoms with Crippen LogP contribution in [0.5, 0.6) is 0 Å². The number of rotatable bonds is 8. The first-order valence-electron chi connectivity index (χ1n) is 7.70. The Balaban J connectivity index is 2.07. The highest BCUT2D eigenvalue weighted by Gasteiger charge is 2.15. The number of nitrogens with one attached hydrogen (secondary N) is 1. The second-order valence-electron chi connectivity index (χ2n) is 5.74. The number of nitrogens with two attached hydrogens (primary N) is 1. The lowest BCUT2D eigenvalue weighted by atomic mass is 10.2. The van der Waals surface area contributed by atoms with Gasteiger partial charge in [-0.15, -0.1) is 17.9 Å².